The predicted molar refractivity (Wildman–Crippen MR) is 104 cm³/mol. The molecular formula is C19H22Cl2N3O+. The highest BCUT2D eigenvalue weighted by atomic mass is 35.5. The third kappa shape index (κ3) is 4.66. The first-order valence-electron chi connectivity index (χ1n) is 8.42. The zero-order chi connectivity index (χ0) is 17.8. The van der Waals surface area contributed by atoms with E-state index in [0.717, 1.165) is 49.1 Å². The molecule has 1 amide bonds. The summed E-state index contributed by atoms with van der Waals surface area (Å²) >= 11 is 12.7. The number of rotatable bonds is 4. The minimum atomic E-state index is -0.0967. The van der Waals surface area contributed by atoms with Gasteiger partial charge in [-0.1, -0.05) is 41.4 Å². The second kappa shape index (κ2) is 8.09. The Morgan fingerprint density at radius 3 is 2.48 bits per heavy atom. The zero-order valence-corrected chi connectivity index (χ0v) is 15.7. The van der Waals surface area contributed by atoms with Crippen molar-refractivity contribution in [2.75, 3.05) is 36.4 Å². The van der Waals surface area contributed by atoms with Crippen molar-refractivity contribution in [3.05, 3.63) is 58.1 Å². The van der Waals surface area contributed by atoms with Gasteiger partial charge in [0.2, 0.25) is 5.91 Å². The van der Waals surface area contributed by atoms with Gasteiger partial charge in [0.15, 0.2) is 0 Å². The van der Waals surface area contributed by atoms with Crippen molar-refractivity contribution in [3.8, 4) is 0 Å². The first-order chi connectivity index (χ1) is 12.0. The molecule has 1 heterocycles. The number of carbonyl (C=O) groups excluding carboxylic acids is 1. The Kier molecular flexibility index (Phi) is 5.84. The van der Waals surface area contributed by atoms with E-state index >= 15 is 0 Å². The number of hydrogen-bond donors (Lipinski definition) is 2. The lowest BCUT2D eigenvalue weighted by molar-refractivity contribution is -0.914. The summed E-state index contributed by atoms with van der Waals surface area (Å²) in [6, 6.07) is 13.7. The van der Waals surface area contributed by atoms with Gasteiger partial charge in [-0.3, -0.25) is 4.79 Å². The summed E-state index contributed by atoms with van der Waals surface area (Å²) in [6.45, 7) is 6.40. The smallest absolute Gasteiger partial charge is 0.221 e. The lowest BCUT2D eigenvalue weighted by atomic mass is 10.2. The summed E-state index contributed by atoms with van der Waals surface area (Å²) in [5, 5.41) is 4.27. The standard InChI is InChI=1S/C19H21Cl2N3O/c1-14(25)22-16-6-7-19(18(21)12-16)24-10-8-23(9-11-24)13-15-4-2-3-5-17(15)20/h2-7,12H,8-11,13H2,1H3,(H,22,25)/p+1. The molecule has 0 unspecified atom stereocenters. The number of halogens is 2. The molecule has 0 atom stereocenters. The number of carbonyl (C=O) groups is 1. The first-order valence-corrected chi connectivity index (χ1v) is 9.17. The molecule has 6 heteroatoms. The molecule has 2 aromatic carbocycles. The summed E-state index contributed by atoms with van der Waals surface area (Å²) in [4.78, 5) is 15.0. The summed E-state index contributed by atoms with van der Waals surface area (Å²) in [5.41, 5.74) is 2.95. The van der Waals surface area contributed by atoms with Crippen molar-refractivity contribution >= 4 is 40.5 Å². The van der Waals surface area contributed by atoms with Crippen molar-refractivity contribution < 1.29 is 9.69 Å². The maximum atomic E-state index is 11.1. The fraction of sp³-hybridized carbons (Fsp3) is 0.316. The first kappa shape index (κ1) is 18.1. The molecule has 1 fully saturated rings. The summed E-state index contributed by atoms with van der Waals surface area (Å²) in [6.07, 6.45) is 0. The van der Waals surface area contributed by atoms with Crippen LogP contribution >= 0.6 is 23.2 Å². The average Bonchev–Trinajstić information content (AvgIpc) is 2.57. The van der Waals surface area contributed by atoms with Gasteiger partial charge in [0.1, 0.15) is 6.54 Å². The van der Waals surface area contributed by atoms with Crippen LogP contribution in [-0.4, -0.2) is 32.1 Å². The molecule has 3 rings (SSSR count). The van der Waals surface area contributed by atoms with Crippen molar-refractivity contribution in [1.82, 2.24) is 0 Å². The van der Waals surface area contributed by atoms with E-state index in [0.29, 0.717) is 5.02 Å². The van der Waals surface area contributed by atoms with Crippen LogP contribution in [-0.2, 0) is 11.3 Å². The van der Waals surface area contributed by atoms with Gasteiger partial charge < -0.3 is 15.1 Å². The lowest BCUT2D eigenvalue weighted by Gasteiger charge is -2.34. The Balaban J connectivity index is 1.60. The van der Waals surface area contributed by atoms with E-state index < -0.39 is 0 Å². The van der Waals surface area contributed by atoms with Gasteiger partial charge in [-0.25, -0.2) is 0 Å². The number of amides is 1. The highest BCUT2D eigenvalue weighted by Crippen LogP contribution is 2.29. The second-order valence-corrected chi connectivity index (χ2v) is 7.17. The number of hydrogen-bond acceptors (Lipinski definition) is 2. The van der Waals surface area contributed by atoms with Crippen LogP contribution in [0.1, 0.15) is 12.5 Å². The number of nitrogens with zero attached hydrogens (tertiary/aromatic N) is 1. The molecule has 1 aliphatic rings. The van der Waals surface area contributed by atoms with Gasteiger partial charge in [-0.2, -0.15) is 0 Å². The molecule has 1 aliphatic heterocycles. The monoisotopic (exact) mass is 378 g/mol. The number of quaternary nitrogens is 1. The summed E-state index contributed by atoms with van der Waals surface area (Å²) < 4.78 is 0. The maximum Gasteiger partial charge on any atom is 0.221 e. The van der Waals surface area contributed by atoms with Gasteiger partial charge in [-0.05, 0) is 24.3 Å². The number of nitrogens with one attached hydrogen (secondary N) is 2. The fourth-order valence-electron chi connectivity index (χ4n) is 3.20. The SMILES string of the molecule is CC(=O)Nc1ccc(N2CC[NH+](Cc3ccccc3Cl)CC2)c(Cl)c1. The van der Waals surface area contributed by atoms with Crippen LogP contribution in [0.3, 0.4) is 0 Å². The average molecular weight is 379 g/mol. The Hall–Kier alpha value is -1.75. The Morgan fingerprint density at radius 2 is 1.84 bits per heavy atom. The molecular weight excluding hydrogens is 357 g/mol. The Labute approximate surface area is 158 Å². The Bertz CT molecular complexity index is 758. The van der Waals surface area contributed by atoms with Crippen molar-refractivity contribution in [3.63, 3.8) is 0 Å². The summed E-state index contributed by atoms with van der Waals surface area (Å²) in [5.74, 6) is -0.0967. The molecule has 1 saturated heterocycles. The molecule has 2 N–H and O–H groups in total. The maximum absolute atomic E-state index is 11.1. The van der Waals surface area contributed by atoms with E-state index in [9.17, 15) is 4.79 Å². The molecule has 0 aliphatic carbocycles. The third-order valence-corrected chi connectivity index (χ3v) is 5.15. The number of benzene rings is 2. The largest absolute Gasteiger partial charge is 0.359 e. The van der Waals surface area contributed by atoms with Crippen molar-refractivity contribution in [1.29, 1.82) is 0 Å². The molecule has 0 radical (unpaired) electrons. The topological polar surface area (TPSA) is 36.8 Å². The van der Waals surface area contributed by atoms with Gasteiger partial charge in [0, 0.05) is 23.2 Å². The van der Waals surface area contributed by atoms with E-state index in [-0.39, 0.29) is 5.91 Å². The normalized spacial score (nSPS) is 15.2. The van der Waals surface area contributed by atoms with Crippen LogP contribution in [0, 0.1) is 0 Å². The minimum Gasteiger partial charge on any atom is -0.359 e. The molecule has 0 spiro atoms. The summed E-state index contributed by atoms with van der Waals surface area (Å²) in [7, 11) is 0. The van der Waals surface area contributed by atoms with Gasteiger partial charge in [0.25, 0.3) is 0 Å². The molecule has 4 nitrogen and oxygen atoms in total. The number of piperazine rings is 1. The van der Waals surface area contributed by atoms with Crippen molar-refractivity contribution in [2.45, 2.75) is 13.5 Å². The van der Waals surface area contributed by atoms with E-state index in [2.05, 4.69) is 16.3 Å². The molecule has 0 saturated carbocycles. The van der Waals surface area contributed by atoms with Crippen LogP contribution < -0.4 is 15.1 Å². The van der Waals surface area contributed by atoms with E-state index in [4.69, 9.17) is 23.2 Å². The highest BCUT2D eigenvalue weighted by Gasteiger charge is 2.22. The van der Waals surface area contributed by atoms with E-state index in [1.54, 1.807) is 6.07 Å². The highest BCUT2D eigenvalue weighted by molar-refractivity contribution is 6.33. The second-order valence-electron chi connectivity index (χ2n) is 6.35. The van der Waals surface area contributed by atoms with Crippen LogP contribution in [0.2, 0.25) is 10.0 Å². The molecule has 0 aromatic heterocycles. The molecule has 132 valence electrons. The third-order valence-electron chi connectivity index (χ3n) is 4.48. The van der Waals surface area contributed by atoms with Gasteiger partial charge in [-0.15, -0.1) is 0 Å². The van der Waals surface area contributed by atoms with Gasteiger partial charge >= 0.3 is 0 Å². The predicted octanol–water partition coefficient (Wildman–Crippen LogP) is 2.86. The molecule has 2 aromatic rings. The molecule has 25 heavy (non-hydrogen) atoms. The van der Waals surface area contributed by atoms with E-state index in [1.165, 1.54) is 17.4 Å². The van der Waals surface area contributed by atoms with Crippen LogP contribution in [0.15, 0.2) is 42.5 Å². The minimum absolute atomic E-state index is 0.0967. The van der Waals surface area contributed by atoms with Gasteiger partial charge in [0.05, 0.1) is 36.9 Å². The fourth-order valence-corrected chi connectivity index (χ4v) is 3.70. The lowest BCUT2D eigenvalue weighted by Crippen LogP contribution is -3.13. The number of anilines is 2. The van der Waals surface area contributed by atoms with Crippen LogP contribution in [0.4, 0.5) is 11.4 Å². The Morgan fingerprint density at radius 1 is 1.12 bits per heavy atom. The zero-order valence-electron chi connectivity index (χ0n) is 14.2. The van der Waals surface area contributed by atoms with E-state index in [1.807, 2.05) is 30.3 Å². The van der Waals surface area contributed by atoms with Crippen LogP contribution in [0.5, 0.6) is 0 Å². The van der Waals surface area contributed by atoms with Crippen LogP contribution in [0.25, 0.3) is 0 Å². The quantitative estimate of drug-likeness (QED) is 0.857. The van der Waals surface area contributed by atoms with Crippen molar-refractivity contribution in [2.24, 2.45) is 0 Å². The molecule has 0 bridgehead atoms.